The van der Waals surface area contributed by atoms with Gasteiger partial charge in [0, 0.05) is 18.7 Å². The van der Waals surface area contributed by atoms with Gasteiger partial charge in [0.25, 0.3) is 0 Å². The molecule has 0 amide bonds. The number of nitrogens with one attached hydrogen (secondary N) is 1. The molecule has 1 atom stereocenters. The molecule has 0 fully saturated rings. The van der Waals surface area contributed by atoms with Crippen molar-refractivity contribution in [2.75, 3.05) is 26.2 Å². The first-order chi connectivity index (χ1) is 9.13. The predicted octanol–water partition coefficient (Wildman–Crippen LogP) is 3.49. The van der Waals surface area contributed by atoms with Crippen molar-refractivity contribution in [2.45, 2.75) is 19.9 Å². The van der Waals surface area contributed by atoms with Crippen LogP contribution in [-0.2, 0) is 0 Å². The van der Waals surface area contributed by atoms with Crippen molar-refractivity contribution in [3.05, 3.63) is 33.8 Å². The van der Waals surface area contributed by atoms with E-state index >= 15 is 0 Å². The molecule has 0 aliphatic rings. The SMILES string of the molecule is CCN(CC)CCNC(C#N)c1cccc(Cl)c1Cl. The van der Waals surface area contributed by atoms with Crippen LogP contribution < -0.4 is 5.32 Å². The summed E-state index contributed by atoms with van der Waals surface area (Å²) in [5, 5.41) is 13.4. The molecule has 0 saturated carbocycles. The van der Waals surface area contributed by atoms with Gasteiger partial charge in [0.15, 0.2) is 0 Å². The van der Waals surface area contributed by atoms with Gasteiger partial charge in [-0.25, -0.2) is 0 Å². The van der Waals surface area contributed by atoms with Crippen LogP contribution in [0.5, 0.6) is 0 Å². The summed E-state index contributed by atoms with van der Waals surface area (Å²) in [4.78, 5) is 2.29. The predicted molar refractivity (Wildman–Crippen MR) is 80.6 cm³/mol. The highest BCUT2D eigenvalue weighted by Gasteiger charge is 2.15. The fourth-order valence-electron chi connectivity index (χ4n) is 1.88. The van der Waals surface area contributed by atoms with Crippen molar-refractivity contribution >= 4 is 23.2 Å². The first kappa shape index (κ1) is 16.3. The van der Waals surface area contributed by atoms with Crippen LogP contribution in [0.3, 0.4) is 0 Å². The van der Waals surface area contributed by atoms with E-state index in [2.05, 4.69) is 30.1 Å². The Labute approximate surface area is 125 Å². The average molecular weight is 300 g/mol. The zero-order valence-corrected chi connectivity index (χ0v) is 12.8. The molecule has 19 heavy (non-hydrogen) atoms. The number of likely N-dealkylation sites (N-methyl/N-ethyl adjacent to an activating group) is 1. The third-order valence-electron chi connectivity index (χ3n) is 3.09. The Morgan fingerprint density at radius 2 is 2.00 bits per heavy atom. The van der Waals surface area contributed by atoms with Crippen molar-refractivity contribution in [1.29, 1.82) is 5.26 Å². The molecule has 5 heteroatoms. The van der Waals surface area contributed by atoms with Gasteiger partial charge in [0.05, 0.1) is 16.1 Å². The molecule has 1 unspecified atom stereocenters. The minimum Gasteiger partial charge on any atom is -0.303 e. The Morgan fingerprint density at radius 1 is 1.32 bits per heavy atom. The third-order valence-corrected chi connectivity index (χ3v) is 3.93. The Kier molecular flexibility index (Phi) is 7.19. The van der Waals surface area contributed by atoms with Crippen molar-refractivity contribution in [1.82, 2.24) is 10.2 Å². The van der Waals surface area contributed by atoms with Gasteiger partial charge in [-0.3, -0.25) is 5.32 Å². The molecule has 1 rings (SSSR count). The molecule has 104 valence electrons. The Morgan fingerprint density at radius 3 is 2.58 bits per heavy atom. The number of rotatable bonds is 7. The summed E-state index contributed by atoms with van der Waals surface area (Å²) in [6, 6.07) is 7.15. The summed E-state index contributed by atoms with van der Waals surface area (Å²) in [7, 11) is 0. The van der Waals surface area contributed by atoms with Gasteiger partial charge in [0.1, 0.15) is 6.04 Å². The molecular formula is C14H19Cl2N3. The van der Waals surface area contributed by atoms with Gasteiger partial charge in [-0.2, -0.15) is 5.26 Å². The highest BCUT2D eigenvalue weighted by molar-refractivity contribution is 6.42. The van der Waals surface area contributed by atoms with E-state index < -0.39 is 6.04 Å². The number of hydrogen-bond donors (Lipinski definition) is 1. The fourth-order valence-corrected chi connectivity index (χ4v) is 2.29. The first-order valence-corrected chi connectivity index (χ1v) is 7.18. The molecule has 0 aromatic heterocycles. The van der Waals surface area contributed by atoms with Crippen molar-refractivity contribution in [3.8, 4) is 6.07 Å². The van der Waals surface area contributed by atoms with E-state index in [4.69, 9.17) is 23.2 Å². The smallest absolute Gasteiger partial charge is 0.122 e. The molecule has 0 spiro atoms. The molecule has 3 nitrogen and oxygen atoms in total. The number of nitrogens with zero attached hydrogens (tertiary/aromatic N) is 2. The molecule has 0 aliphatic carbocycles. The number of hydrogen-bond acceptors (Lipinski definition) is 3. The summed E-state index contributed by atoms with van der Waals surface area (Å²) in [5.74, 6) is 0. The molecule has 1 aromatic rings. The standard InChI is InChI=1S/C14H19Cl2N3/c1-3-19(4-2)9-8-18-13(10-17)11-6-5-7-12(15)14(11)16/h5-7,13,18H,3-4,8-9H2,1-2H3. The van der Waals surface area contributed by atoms with Crippen LogP contribution in [-0.4, -0.2) is 31.1 Å². The number of halogens is 2. The minimum absolute atomic E-state index is 0.429. The normalized spacial score (nSPS) is 12.4. The summed E-state index contributed by atoms with van der Waals surface area (Å²) < 4.78 is 0. The Hall–Kier alpha value is -0.790. The van der Waals surface area contributed by atoms with Gasteiger partial charge in [-0.05, 0) is 19.2 Å². The summed E-state index contributed by atoms with van der Waals surface area (Å²) in [5.41, 5.74) is 0.733. The van der Waals surface area contributed by atoms with E-state index in [1.54, 1.807) is 12.1 Å². The van der Waals surface area contributed by atoms with E-state index in [0.717, 1.165) is 31.7 Å². The van der Waals surface area contributed by atoms with Crippen LogP contribution in [0.15, 0.2) is 18.2 Å². The lowest BCUT2D eigenvalue weighted by Crippen LogP contribution is -2.33. The average Bonchev–Trinajstić information content (AvgIpc) is 2.43. The summed E-state index contributed by atoms with van der Waals surface area (Å²) in [6.07, 6.45) is 0. The minimum atomic E-state index is -0.429. The van der Waals surface area contributed by atoms with Crippen LogP contribution >= 0.6 is 23.2 Å². The maximum absolute atomic E-state index is 9.25. The van der Waals surface area contributed by atoms with Crippen molar-refractivity contribution in [3.63, 3.8) is 0 Å². The van der Waals surface area contributed by atoms with Crippen molar-refractivity contribution in [2.24, 2.45) is 0 Å². The van der Waals surface area contributed by atoms with E-state index in [1.165, 1.54) is 0 Å². The lowest BCUT2D eigenvalue weighted by Gasteiger charge is -2.20. The molecule has 0 saturated heterocycles. The molecule has 0 bridgehead atoms. The first-order valence-electron chi connectivity index (χ1n) is 6.43. The molecule has 1 N–H and O–H groups in total. The lowest BCUT2D eigenvalue weighted by molar-refractivity contribution is 0.300. The second-order valence-corrected chi connectivity index (χ2v) is 4.97. The van der Waals surface area contributed by atoms with Gasteiger partial charge in [-0.15, -0.1) is 0 Å². The quantitative estimate of drug-likeness (QED) is 0.838. The topological polar surface area (TPSA) is 39.1 Å². The highest BCUT2D eigenvalue weighted by Crippen LogP contribution is 2.29. The molecule has 1 aromatic carbocycles. The van der Waals surface area contributed by atoms with Gasteiger partial charge in [-0.1, -0.05) is 49.2 Å². The maximum Gasteiger partial charge on any atom is 0.122 e. The summed E-state index contributed by atoms with van der Waals surface area (Å²) >= 11 is 12.1. The fraction of sp³-hybridized carbons (Fsp3) is 0.500. The number of benzene rings is 1. The monoisotopic (exact) mass is 299 g/mol. The van der Waals surface area contributed by atoms with E-state index in [0.29, 0.717) is 10.0 Å². The molecule has 0 aliphatic heterocycles. The second kappa shape index (κ2) is 8.39. The van der Waals surface area contributed by atoms with Crippen molar-refractivity contribution < 1.29 is 0 Å². The molecule has 0 radical (unpaired) electrons. The van der Waals surface area contributed by atoms with E-state index in [9.17, 15) is 5.26 Å². The van der Waals surface area contributed by atoms with Gasteiger partial charge in [0.2, 0.25) is 0 Å². The second-order valence-electron chi connectivity index (χ2n) is 4.19. The zero-order chi connectivity index (χ0) is 14.3. The lowest BCUT2D eigenvalue weighted by atomic mass is 10.1. The Balaban J connectivity index is 2.64. The molecule has 0 heterocycles. The van der Waals surface area contributed by atoms with Crippen LogP contribution in [0.25, 0.3) is 0 Å². The van der Waals surface area contributed by atoms with E-state index in [-0.39, 0.29) is 0 Å². The Bertz CT molecular complexity index is 439. The van der Waals surface area contributed by atoms with Gasteiger partial charge >= 0.3 is 0 Å². The zero-order valence-electron chi connectivity index (χ0n) is 11.3. The summed E-state index contributed by atoms with van der Waals surface area (Å²) in [6.45, 7) is 7.91. The van der Waals surface area contributed by atoms with Crippen LogP contribution in [0, 0.1) is 11.3 Å². The molecular weight excluding hydrogens is 281 g/mol. The van der Waals surface area contributed by atoms with Crippen LogP contribution in [0.4, 0.5) is 0 Å². The van der Waals surface area contributed by atoms with Crippen LogP contribution in [0.2, 0.25) is 10.0 Å². The maximum atomic E-state index is 9.25. The largest absolute Gasteiger partial charge is 0.303 e. The van der Waals surface area contributed by atoms with Gasteiger partial charge < -0.3 is 4.90 Å². The van der Waals surface area contributed by atoms with E-state index in [1.807, 2.05) is 6.07 Å². The third kappa shape index (κ3) is 4.67. The number of nitriles is 1. The highest BCUT2D eigenvalue weighted by atomic mass is 35.5. The van der Waals surface area contributed by atoms with Crippen LogP contribution in [0.1, 0.15) is 25.5 Å².